The van der Waals surface area contributed by atoms with Crippen molar-refractivity contribution in [1.29, 1.82) is 0 Å². The normalized spacial score (nSPS) is 51.6. The molecule has 2 bridgehead atoms. The van der Waals surface area contributed by atoms with E-state index < -0.39 is 5.60 Å². The van der Waals surface area contributed by atoms with Crippen LogP contribution >= 0.6 is 0 Å². The Kier molecular flexibility index (Phi) is 2.31. The smallest absolute Gasteiger partial charge is 0.165 e. The molecule has 138 valence electrons. The van der Waals surface area contributed by atoms with Crippen molar-refractivity contribution in [1.82, 2.24) is 10.2 Å². The Bertz CT molecular complexity index is 854. The number of nitrogens with zero attached hydrogens (tertiary/aromatic N) is 1. The van der Waals surface area contributed by atoms with Gasteiger partial charge in [0.2, 0.25) is 0 Å². The van der Waals surface area contributed by atoms with Crippen molar-refractivity contribution in [3.63, 3.8) is 0 Å². The molecule has 7 rings (SSSR count). The first-order valence-electron chi connectivity index (χ1n) is 10.2. The molecule has 0 amide bonds. The number of rotatable bonds is 3. The number of piperidine rings is 1. The first kappa shape index (κ1) is 14.7. The maximum Gasteiger partial charge on any atom is 0.165 e. The predicted molar refractivity (Wildman–Crippen MR) is 95.5 cm³/mol. The zero-order chi connectivity index (χ0) is 17.5. The molecular weight excluding hydrogens is 328 g/mol. The van der Waals surface area contributed by atoms with Crippen molar-refractivity contribution in [2.24, 2.45) is 5.92 Å². The van der Waals surface area contributed by atoms with Gasteiger partial charge in [-0.2, -0.15) is 0 Å². The van der Waals surface area contributed by atoms with Crippen molar-refractivity contribution in [3.05, 3.63) is 23.3 Å². The second-order valence-corrected chi connectivity index (χ2v) is 9.77. The summed E-state index contributed by atoms with van der Waals surface area (Å²) in [7, 11) is 1.99. The van der Waals surface area contributed by atoms with Gasteiger partial charge in [0.1, 0.15) is 6.10 Å². The zero-order valence-electron chi connectivity index (χ0n) is 15.2. The Labute approximate surface area is 153 Å². The number of ether oxygens (including phenoxy) is 1. The SMILES string of the molecule is CN[C@@H]1CC[C@]2(O)C3N(CC4CC4)C34Cc3ccc(O)c5c3[C@]2(C4)[C@@H]1O5. The van der Waals surface area contributed by atoms with Gasteiger partial charge >= 0.3 is 0 Å². The van der Waals surface area contributed by atoms with E-state index in [-0.39, 0.29) is 34.9 Å². The van der Waals surface area contributed by atoms with E-state index in [0.29, 0.717) is 5.75 Å². The molecule has 1 aromatic carbocycles. The third-order valence-corrected chi connectivity index (χ3v) is 8.76. The lowest BCUT2D eigenvalue weighted by Gasteiger charge is -2.53. The minimum atomic E-state index is -0.732. The van der Waals surface area contributed by atoms with Crippen molar-refractivity contribution < 1.29 is 14.9 Å². The summed E-state index contributed by atoms with van der Waals surface area (Å²) in [5.74, 6) is 1.73. The first-order valence-corrected chi connectivity index (χ1v) is 10.2. The molecule has 3 unspecified atom stereocenters. The molecule has 7 atom stereocenters. The maximum absolute atomic E-state index is 12.2. The number of aliphatic hydroxyl groups is 1. The minimum Gasteiger partial charge on any atom is -0.504 e. The molecule has 3 saturated carbocycles. The van der Waals surface area contributed by atoms with E-state index in [1.54, 1.807) is 6.07 Å². The summed E-state index contributed by atoms with van der Waals surface area (Å²) in [4.78, 5) is 2.64. The van der Waals surface area contributed by atoms with E-state index in [1.165, 1.54) is 18.4 Å². The fourth-order valence-electron chi connectivity index (χ4n) is 7.67. The number of benzene rings is 1. The Morgan fingerprint density at radius 3 is 2.92 bits per heavy atom. The molecule has 3 N–H and O–H groups in total. The molecule has 2 aliphatic heterocycles. The highest BCUT2D eigenvalue weighted by Crippen LogP contribution is 2.77. The molecular formula is C21H26N2O3. The van der Waals surface area contributed by atoms with Gasteiger partial charge in [-0.15, -0.1) is 0 Å². The molecule has 0 aromatic heterocycles. The van der Waals surface area contributed by atoms with Crippen molar-refractivity contribution in [2.45, 2.75) is 73.3 Å². The molecule has 2 spiro atoms. The van der Waals surface area contributed by atoms with Crippen LogP contribution in [0.2, 0.25) is 0 Å². The van der Waals surface area contributed by atoms with Crippen molar-refractivity contribution >= 4 is 0 Å². The van der Waals surface area contributed by atoms with Gasteiger partial charge in [-0.1, -0.05) is 6.07 Å². The van der Waals surface area contributed by atoms with Crippen LogP contribution < -0.4 is 10.1 Å². The summed E-state index contributed by atoms with van der Waals surface area (Å²) in [6.45, 7) is 1.16. The van der Waals surface area contributed by atoms with Crippen LogP contribution in [0.3, 0.4) is 0 Å². The number of fused-ring (bicyclic) bond motifs is 1. The summed E-state index contributed by atoms with van der Waals surface area (Å²) in [5.41, 5.74) is 1.46. The molecule has 1 saturated heterocycles. The average molecular weight is 354 g/mol. The summed E-state index contributed by atoms with van der Waals surface area (Å²) in [6, 6.07) is 4.36. The van der Waals surface area contributed by atoms with Crippen molar-refractivity contribution in [2.75, 3.05) is 13.6 Å². The second kappa shape index (κ2) is 4.08. The molecule has 5 nitrogen and oxygen atoms in total. The highest BCUT2D eigenvalue weighted by molar-refractivity contribution is 5.66. The molecule has 0 radical (unpaired) electrons. The minimum absolute atomic E-state index is 0.0824. The van der Waals surface area contributed by atoms with Crippen LogP contribution in [-0.4, -0.2) is 58.0 Å². The van der Waals surface area contributed by atoms with Crippen LogP contribution in [0.15, 0.2) is 12.1 Å². The monoisotopic (exact) mass is 354 g/mol. The second-order valence-electron chi connectivity index (χ2n) is 9.77. The Hall–Kier alpha value is -1.30. The van der Waals surface area contributed by atoms with Crippen LogP contribution in [0.1, 0.15) is 43.2 Å². The topological polar surface area (TPSA) is 64.7 Å². The molecule has 26 heavy (non-hydrogen) atoms. The van der Waals surface area contributed by atoms with Crippen LogP contribution in [0.4, 0.5) is 0 Å². The fourth-order valence-corrected chi connectivity index (χ4v) is 7.67. The Morgan fingerprint density at radius 2 is 2.15 bits per heavy atom. The van der Waals surface area contributed by atoms with Gasteiger partial charge in [0, 0.05) is 23.7 Å². The molecule has 6 aliphatic rings. The number of nitrogens with one attached hydrogen (secondary N) is 1. The van der Waals surface area contributed by atoms with Gasteiger partial charge in [-0.3, -0.25) is 4.90 Å². The number of hydrogen-bond acceptors (Lipinski definition) is 5. The number of phenolic OH excluding ortho intramolecular Hbond substituents is 1. The van der Waals surface area contributed by atoms with Gasteiger partial charge in [-0.25, -0.2) is 0 Å². The number of likely N-dealkylation sites (N-methyl/N-ethyl adjacent to an activating group) is 1. The van der Waals surface area contributed by atoms with Gasteiger partial charge in [-0.05, 0) is 63.1 Å². The Balaban J connectivity index is 1.46. The molecule has 5 heteroatoms. The number of phenols is 1. The summed E-state index contributed by atoms with van der Waals surface area (Å²) < 4.78 is 6.43. The highest BCUT2D eigenvalue weighted by atomic mass is 16.5. The van der Waals surface area contributed by atoms with Crippen molar-refractivity contribution in [3.8, 4) is 11.5 Å². The number of hydrogen-bond donors (Lipinski definition) is 3. The maximum atomic E-state index is 12.2. The largest absolute Gasteiger partial charge is 0.504 e. The van der Waals surface area contributed by atoms with Crippen LogP contribution in [-0.2, 0) is 11.8 Å². The van der Waals surface area contributed by atoms with E-state index in [0.717, 1.165) is 43.7 Å². The fraction of sp³-hybridized carbons (Fsp3) is 0.714. The average Bonchev–Trinajstić information content (AvgIpc) is 3.49. The summed E-state index contributed by atoms with van der Waals surface area (Å²) >= 11 is 0. The number of aromatic hydroxyl groups is 1. The van der Waals surface area contributed by atoms with Gasteiger partial charge in [0.05, 0.1) is 17.1 Å². The van der Waals surface area contributed by atoms with Crippen LogP contribution in [0.25, 0.3) is 0 Å². The Morgan fingerprint density at radius 1 is 1.31 bits per heavy atom. The zero-order valence-corrected chi connectivity index (χ0v) is 15.2. The lowest BCUT2D eigenvalue weighted by Crippen LogP contribution is -2.68. The molecule has 4 fully saturated rings. The van der Waals surface area contributed by atoms with Gasteiger partial charge in [0.25, 0.3) is 0 Å². The van der Waals surface area contributed by atoms with Gasteiger partial charge in [0.15, 0.2) is 11.5 Å². The van der Waals surface area contributed by atoms with Crippen LogP contribution in [0.5, 0.6) is 11.5 Å². The van der Waals surface area contributed by atoms with E-state index in [2.05, 4.69) is 16.3 Å². The van der Waals surface area contributed by atoms with E-state index in [9.17, 15) is 10.2 Å². The number of likely N-dealkylation sites (tertiary alicyclic amines) is 1. The van der Waals surface area contributed by atoms with E-state index >= 15 is 0 Å². The summed E-state index contributed by atoms with van der Waals surface area (Å²) in [6.07, 6.45) is 6.35. The summed E-state index contributed by atoms with van der Waals surface area (Å²) in [5, 5.41) is 26.1. The van der Waals surface area contributed by atoms with Crippen LogP contribution in [0, 0.1) is 5.92 Å². The first-order chi connectivity index (χ1) is 12.5. The molecule has 1 aromatic rings. The van der Waals surface area contributed by atoms with E-state index in [1.807, 2.05) is 7.05 Å². The third kappa shape index (κ3) is 1.30. The predicted octanol–water partition coefficient (Wildman–Crippen LogP) is 1.30. The quantitative estimate of drug-likeness (QED) is 0.714. The molecule has 4 aliphatic carbocycles. The lowest BCUT2D eigenvalue weighted by atomic mass is 9.56. The standard InChI is InChI=1S/C21H26N2O3/c1-22-13-6-7-21(25)18-19(23(18)9-11-2-3-11)8-12-4-5-14(24)16-15(12)20(21,10-19)17(13)26-16/h4-5,11,13,17-18,22,24-25H,2-3,6-10H2,1H3/t13-,17-,18?,19?,20-,21+,23?/m1/s1. The highest BCUT2D eigenvalue weighted by Gasteiger charge is 2.88. The van der Waals surface area contributed by atoms with Gasteiger partial charge < -0.3 is 20.3 Å². The lowest BCUT2D eigenvalue weighted by molar-refractivity contribution is -0.116. The third-order valence-electron chi connectivity index (χ3n) is 8.76. The molecule has 2 heterocycles. The van der Waals surface area contributed by atoms with E-state index in [4.69, 9.17) is 4.74 Å².